The molecule has 0 aliphatic carbocycles. The van der Waals surface area contributed by atoms with E-state index in [1.807, 2.05) is 30.1 Å². The van der Waals surface area contributed by atoms with Crippen LogP contribution in [0.15, 0.2) is 36.8 Å². The van der Waals surface area contributed by atoms with Crippen LogP contribution in [0.4, 0.5) is 5.82 Å². The number of ether oxygens (including phenoxy) is 2. The third-order valence-corrected chi connectivity index (χ3v) is 6.55. The van der Waals surface area contributed by atoms with E-state index in [2.05, 4.69) is 28.8 Å². The molecular formula is C23H27Cl2N5O2. The summed E-state index contributed by atoms with van der Waals surface area (Å²) in [6.07, 6.45) is 5.14. The summed E-state index contributed by atoms with van der Waals surface area (Å²) in [5, 5.41) is 5.45. The fourth-order valence-corrected chi connectivity index (χ4v) is 4.56. The highest BCUT2D eigenvalue weighted by molar-refractivity contribution is 6.37. The minimum absolute atomic E-state index is 0.287. The highest BCUT2D eigenvalue weighted by Gasteiger charge is 2.30. The van der Waals surface area contributed by atoms with Gasteiger partial charge in [0, 0.05) is 53.2 Å². The zero-order valence-corrected chi connectivity index (χ0v) is 20.1. The molecule has 1 atom stereocenters. The van der Waals surface area contributed by atoms with Crippen molar-refractivity contribution in [3.63, 3.8) is 0 Å². The molecule has 2 aromatic heterocycles. The molecule has 170 valence electrons. The Hall–Kier alpha value is -2.48. The second-order valence-electron chi connectivity index (χ2n) is 8.26. The Balaban J connectivity index is 1.54. The van der Waals surface area contributed by atoms with Crippen LogP contribution in [0.3, 0.4) is 0 Å². The van der Waals surface area contributed by atoms with Gasteiger partial charge < -0.3 is 15.2 Å². The molecule has 32 heavy (non-hydrogen) atoms. The number of halogens is 2. The van der Waals surface area contributed by atoms with Crippen molar-refractivity contribution in [1.82, 2.24) is 19.7 Å². The second kappa shape index (κ2) is 9.17. The van der Waals surface area contributed by atoms with Crippen LogP contribution in [0, 0.1) is 0 Å². The maximum atomic E-state index is 6.47. The summed E-state index contributed by atoms with van der Waals surface area (Å²) in [5.41, 5.74) is 8.56. The van der Waals surface area contributed by atoms with Crippen LogP contribution < -0.4 is 15.2 Å². The van der Waals surface area contributed by atoms with Gasteiger partial charge in [-0.2, -0.15) is 5.10 Å². The van der Waals surface area contributed by atoms with Gasteiger partial charge in [0.1, 0.15) is 11.9 Å². The molecule has 1 aliphatic rings. The fraction of sp³-hybridized carbons (Fsp3) is 0.391. The molecule has 4 rings (SSSR count). The average molecular weight is 476 g/mol. The molecule has 3 heterocycles. The van der Waals surface area contributed by atoms with E-state index < -0.39 is 6.10 Å². The maximum Gasteiger partial charge on any atom is 0.166 e. The van der Waals surface area contributed by atoms with Crippen molar-refractivity contribution in [2.24, 2.45) is 0 Å². The molecule has 3 aromatic rings. The Labute approximate surface area is 198 Å². The molecule has 1 aliphatic heterocycles. The van der Waals surface area contributed by atoms with Gasteiger partial charge in [-0.15, -0.1) is 0 Å². The van der Waals surface area contributed by atoms with E-state index in [0.717, 1.165) is 24.2 Å². The van der Waals surface area contributed by atoms with Gasteiger partial charge >= 0.3 is 0 Å². The second-order valence-corrected chi connectivity index (χ2v) is 9.04. The number of pyridine rings is 1. The summed E-state index contributed by atoms with van der Waals surface area (Å²) in [4.78, 5) is 6.74. The van der Waals surface area contributed by atoms with E-state index in [0.29, 0.717) is 39.2 Å². The normalized spacial score (nSPS) is 15.6. The van der Waals surface area contributed by atoms with E-state index in [4.69, 9.17) is 38.4 Å². The highest BCUT2D eigenvalue weighted by atomic mass is 35.5. The van der Waals surface area contributed by atoms with Crippen LogP contribution in [-0.2, 0) is 0 Å². The van der Waals surface area contributed by atoms with Crippen molar-refractivity contribution in [3.8, 4) is 22.6 Å². The average Bonchev–Trinajstić information content (AvgIpc) is 3.18. The lowest BCUT2D eigenvalue weighted by molar-refractivity contribution is 0.0675. The first-order valence-electron chi connectivity index (χ1n) is 10.5. The smallest absolute Gasteiger partial charge is 0.166 e. The van der Waals surface area contributed by atoms with Crippen molar-refractivity contribution in [2.45, 2.75) is 39.0 Å². The number of nitrogens with two attached hydrogens (primary N) is 1. The predicted molar refractivity (Wildman–Crippen MR) is 128 cm³/mol. The summed E-state index contributed by atoms with van der Waals surface area (Å²) in [6.45, 7) is 8.28. The first-order chi connectivity index (χ1) is 15.3. The Morgan fingerprint density at radius 2 is 1.84 bits per heavy atom. The molecule has 0 bridgehead atoms. The lowest BCUT2D eigenvalue weighted by Gasteiger charge is -2.41. The maximum absolute atomic E-state index is 6.47. The van der Waals surface area contributed by atoms with Crippen LogP contribution in [-0.4, -0.2) is 45.9 Å². The molecule has 9 heteroatoms. The summed E-state index contributed by atoms with van der Waals surface area (Å²) < 4.78 is 13.5. The van der Waals surface area contributed by atoms with E-state index in [1.165, 1.54) is 0 Å². The lowest BCUT2D eigenvalue weighted by Crippen LogP contribution is -2.50. The standard InChI is InChI=1S/C23H27Cl2N5O2/c1-13(2)29-11-17(12-29)30-10-16(9-28-30)15-7-20(23(26)27-8-15)32-14(3)21-18(24)5-6-19(31-4)22(21)25/h5-10,13-14,17H,11-12H2,1-4H3,(H2,26,27). The topological polar surface area (TPSA) is 78.4 Å². The summed E-state index contributed by atoms with van der Waals surface area (Å²) in [5.74, 6) is 1.27. The van der Waals surface area contributed by atoms with Gasteiger partial charge in [0.15, 0.2) is 11.6 Å². The number of methoxy groups -OCH3 is 1. The lowest BCUT2D eigenvalue weighted by atomic mass is 10.1. The van der Waals surface area contributed by atoms with E-state index in [9.17, 15) is 0 Å². The first-order valence-corrected chi connectivity index (χ1v) is 11.3. The molecule has 2 N–H and O–H groups in total. The SMILES string of the molecule is COc1ccc(Cl)c(C(C)Oc2cc(-c3cnn(C4CN(C(C)C)C4)c3)cnc2N)c1Cl. The molecule has 1 unspecified atom stereocenters. The van der Waals surface area contributed by atoms with Gasteiger partial charge in [-0.1, -0.05) is 23.2 Å². The van der Waals surface area contributed by atoms with Crippen LogP contribution in [0.25, 0.3) is 11.1 Å². The van der Waals surface area contributed by atoms with Crippen molar-refractivity contribution in [3.05, 3.63) is 52.4 Å². The predicted octanol–water partition coefficient (Wildman–Crippen LogP) is 5.25. The fourth-order valence-electron chi connectivity index (χ4n) is 3.80. The minimum atomic E-state index is -0.468. The van der Waals surface area contributed by atoms with Crippen LogP contribution in [0.5, 0.6) is 11.5 Å². The number of benzene rings is 1. The van der Waals surface area contributed by atoms with Gasteiger partial charge in [-0.05, 0) is 39.0 Å². The van der Waals surface area contributed by atoms with Crippen LogP contribution in [0.1, 0.15) is 38.5 Å². The van der Waals surface area contributed by atoms with Gasteiger partial charge in [0.2, 0.25) is 0 Å². The number of rotatable bonds is 7. The number of hydrogen-bond donors (Lipinski definition) is 1. The Kier molecular flexibility index (Phi) is 6.51. The third kappa shape index (κ3) is 4.37. The van der Waals surface area contributed by atoms with Crippen molar-refractivity contribution < 1.29 is 9.47 Å². The van der Waals surface area contributed by atoms with Gasteiger partial charge in [-0.3, -0.25) is 9.58 Å². The van der Waals surface area contributed by atoms with E-state index in [-0.39, 0.29) is 5.82 Å². The Bertz CT molecular complexity index is 1110. The number of anilines is 1. The van der Waals surface area contributed by atoms with Gasteiger partial charge in [-0.25, -0.2) is 4.98 Å². The molecule has 1 fully saturated rings. The van der Waals surface area contributed by atoms with Crippen molar-refractivity contribution >= 4 is 29.0 Å². The summed E-state index contributed by atoms with van der Waals surface area (Å²) >= 11 is 12.9. The molecule has 1 aromatic carbocycles. The summed E-state index contributed by atoms with van der Waals surface area (Å²) in [7, 11) is 1.56. The minimum Gasteiger partial charge on any atom is -0.495 e. The van der Waals surface area contributed by atoms with E-state index >= 15 is 0 Å². The first kappa shape index (κ1) is 22.7. The molecular weight excluding hydrogens is 449 g/mol. The van der Waals surface area contributed by atoms with Crippen molar-refractivity contribution in [2.75, 3.05) is 25.9 Å². The molecule has 0 radical (unpaired) electrons. The largest absolute Gasteiger partial charge is 0.495 e. The summed E-state index contributed by atoms with van der Waals surface area (Å²) in [6, 6.07) is 6.26. The molecule has 0 amide bonds. The van der Waals surface area contributed by atoms with Crippen LogP contribution >= 0.6 is 23.2 Å². The number of hydrogen-bond acceptors (Lipinski definition) is 6. The van der Waals surface area contributed by atoms with E-state index in [1.54, 1.807) is 25.4 Å². The Morgan fingerprint density at radius 3 is 2.53 bits per heavy atom. The molecule has 0 spiro atoms. The monoisotopic (exact) mass is 475 g/mol. The third-order valence-electron chi connectivity index (χ3n) is 5.83. The zero-order valence-electron chi connectivity index (χ0n) is 18.5. The zero-order chi connectivity index (χ0) is 23.0. The Morgan fingerprint density at radius 1 is 1.09 bits per heavy atom. The number of nitrogen functional groups attached to an aromatic ring is 1. The molecule has 0 saturated carbocycles. The number of aromatic nitrogens is 3. The number of nitrogens with zero attached hydrogens (tertiary/aromatic N) is 4. The van der Waals surface area contributed by atoms with Crippen LogP contribution in [0.2, 0.25) is 10.0 Å². The highest BCUT2D eigenvalue weighted by Crippen LogP contribution is 2.40. The molecule has 1 saturated heterocycles. The number of likely N-dealkylation sites (tertiary alicyclic amines) is 1. The van der Waals surface area contributed by atoms with Gasteiger partial charge in [0.25, 0.3) is 0 Å². The van der Waals surface area contributed by atoms with Crippen molar-refractivity contribution in [1.29, 1.82) is 0 Å². The molecule has 7 nitrogen and oxygen atoms in total. The quantitative estimate of drug-likeness (QED) is 0.502. The van der Waals surface area contributed by atoms with Gasteiger partial charge in [0.05, 0.1) is 24.4 Å².